The first-order valence-corrected chi connectivity index (χ1v) is 25.5. The number of hydrogen-bond donors (Lipinski definition) is 2. The molecule has 3 aromatic carbocycles. The van der Waals surface area contributed by atoms with Gasteiger partial charge in [0.1, 0.15) is 12.1 Å². The van der Waals surface area contributed by atoms with Crippen molar-refractivity contribution in [3.05, 3.63) is 107 Å². The van der Waals surface area contributed by atoms with Crippen LogP contribution in [0.5, 0.6) is 0 Å². The fraction of sp³-hybridized carbons (Fsp3) is 0.556. The number of likely N-dealkylation sites (tertiary alicyclic amines) is 2. The first-order chi connectivity index (χ1) is 35.9. The van der Waals surface area contributed by atoms with Crippen LogP contribution in [0.4, 0.5) is 26.3 Å². The summed E-state index contributed by atoms with van der Waals surface area (Å²) in [6, 6.07) is 19.3. The van der Waals surface area contributed by atoms with E-state index >= 15 is 0 Å². The summed E-state index contributed by atoms with van der Waals surface area (Å²) >= 11 is 0. The number of nitrogens with one attached hydrogen (secondary N) is 2. The number of carbonyl (C=O) groups is 6. The summed E-state index contributed by atoms with van der Waals surface area (Å²) < 4.78 is 95.0. The molecule has 2 saturated heterocycles. The Morgan fingerprint density at radius 1 is 0.553 bits per heavy atom. The van der Waals surface area contributed by atoms with Crippen LogP contribution in [0.3, 0.4) is 0 Å². The zero-order valence-corrected chi connectivity index (χ0v) is 44.1. The third kappa shape index (κ3) is 18.0. The average molecular weight is 1080 g/mol. The Hall–Kier alpha value is -6.10. The maximum Gasteiger partial charge on any atom is 0.471 e. The van der Waals surface area contributed by atoms with Gasteiger partial charge in [-0.05, 0) is 103 Å². The van der Waals surface area contributed by atoms with Gasteiger partial charge in [-0.3, -0.25) is 38.6 Å². The van der Waals surface area contributed by atoms with Crippen molar-refractivity contribution in [3.8, 4) is 0 Å². The molecule has 76 heavy (non-hydrogen) atoms. The lowest BCUT2D eigenvalue weighted by Crippen LogP contribution is -2.57. The molecule has 3 aromatic rings. The van der Waals surface area contributed by atoms with E-state index in [4.69, 9.17) is 9.47 Å². The van der Waals surface area contributed by atoms with E-state index in [1.807, 2.05) is 0 Å². The largest absolute Gasteiger partial charge is 0.471 e. The smallest absolute Gasteiger partial charge is 0.374 e. The zero-order valence-electron chi connectivity index (χ0n) is 44.1. The molecular formula is C54H72F6N8O8. The molecule has 0 radical (unpaired) electrons. The molecule has 16 nitrogen and oxygen atoms in total. The van der Waals surface area contributed by atoms with Gasteiger partial charge >= 0.3 is 24.2 Å². The van der Waals surface area contributed by atoms with E-state index < -0.39 is 84.0 Å². The second-order valence-corrected chi connectivity index (χ2v) is 19.9. The average Bonchev–Trinajstić information content (AvgIpc) is 4.07. The van der Waals surface area contributed by atoms with Gasteiger partial charge in [-0.1, -0.05) is 84.9 Å². The van der Waals surface area contributed by atoms with Crippen molar-refractivity contribution < 1.29 is 64.6 Å². The van der Waals surface area contributed by atoms with E-state index in [-0.39, 0.29) is 78.5 Å². The van der Waals surface area contributed by atoms with E-state index in [0.29, 0.717) is 36.8 Å². The number of carbonyl (C=O) groups excluding carboxylic acids is 6. The minimum absolute atomic E-state index is 0.0112. The highest BCUT2D eigenvalue weighted by atomic mass is 19.4. The van der Waals surface area contributed by atoms with Crippen LogP contribution in [0.2, 0.25) is 0 Å². The second-order valence-electron chi connectivity index (χ2n) is 19.9. The minimum atomic E-state index is -5.13. The summed E-state index contributed by atoms with van der Waals surface area (Å²) in [4.78, 5) is 88.0. The van der Waals surface area contributed by atoms with Gasteiger partial charge in [0.2, 0.25) is 23.6 Å². The van der Waals surface area contributed by atoms with Gasteiger partial charge in [-0.25, -0.2) is 0 Å². The predicted octanol–water partition coefficient (Wildman–Crippen LogP) is 4.84. The van der Waals surface area contributed by atoms with Gasteiger partial charge in [-0.2, -0.15) is 26.3 Å². The normalized spacial score (nSPS) is 17.6. The maximum atomic E-state index is 14.2. The van der Waals surface area contributed by atoms with Crippen molar-refractivity contribution in [3.63, 3.8) is 0 Å². The van der Waals surface area contributed by atoms with Gasteiger partial charge in [0.25, 0.3) is 0 Å². The molecule has 0 unspecified atom stereocenters. The summed E-state index contributed by atoms with van der Waals surface area (Å²) in [5, 5.41) is 5.53. The Balaban J connectivity index is 1.22. The molecule has 5 rings (SSSR count). The van der Waals surface area contributed by atoms with Crippen LogP contribution in [0.25, 0.3) is 0 Å². The molecule has 0 saturated carbocycles. The molecule has 0 aliphatic carbocycles. The van der Waals surface area contributed by atoms with Crippen LogP contribution < -0.4 is 10.6 Å². The lowest BCUT2D eigenvalue weighted by molar-refractivity contribution is -0.186. The van der Waals surface area contributed by atoms with Crippen LogP contribution in [0.1, 0.15) is 61.8 Å². The molecule has 6 atom stereocenters. The molecule has 0 bridgehead atoms. The Kier molecular flexibility index (Phi) is 22.6. The van der Waals surface area contributed by atoms with Gasteiger partial charge in [0, 0.05) is 51.4 Å². The summed E-state index contributed by atoms with van der Waals surface area (Å²) in [7, 11) is 6.77. The monoisotopic (exact) mass is 1070 g/mol. The Bertz CT molecular complexity index is 2200. The summed E-state index contributed by atoms with van der Waals surface area (Å²) in [6.45, 7) is 1.97. The van der Waals surface area contributed by atoms with Crippen molar-refractivity contribution in [2.45, 2.75) is 114 Å². The van der Waals surface area contributed by atoms with Crippen molar-refractivity contribution >= 4 is 35.4 Å². The van der Waals surface area contributed by atoms with Crippen molar-refractivity contribution in [2.75, 3.05) is 80.7 Å². The van der Waals surface area contributed by atoms with Crippen molar-refractivity contribution in [1.29, 1.82) is 0 Å². The molecule has 6 amide bonds. The van der Waals surface area contributed by atoms with E-state index in [1.165, 1.54) is 9.80 Å². The highest BCUT2D eigenvalue weighted by Gasteiger charge is 2.46. The van der Waals surface area contributed by atoms with Crippen LogP contribution in [0, 0.1) is 0 Å². The first-order valence-electron chi connectivity index (χ1n) is 25.5. The van der Waals surface area contributed by atoms with E-state index in [2.05, 4.69) is 10.6 Å². The third-order valence-electron chi connectivity index (χ3n) is 13.9. The summed E-state index contributed by atoms with van der Waals surface area (Å²) in [5.41, 5.74) is 2.83. The van der Waals surface area contributed by atoms with E-state index in [1.54, 1.807) is 137 Å². The third-order valence-corrected chi connectivity index (χ3v) is 13.9. The van der Waals surface area contributed by atoms with Gasteiger partial charge in [0.15, 0.2) is 0 Å². The zero-order chi connectivity index (χ0) is 55.7. The van der Waals surface area contributed by atoms with Gasteiger partial charge in [-0.15, -0.1) is 0 Å². The highest BCUT2D eigenvalue weighted by molar-refractivity contribution is 5.91. The van der Waals surface area contributed by atoms with E-state index in [0.717, 1.165) is 20.9 Å². The van der Waals surface area contributed by atoms with Crippen molar-refractivity contribution in [2.24, 2.45) is 0 Å². The number of hydrogen-bond acceptors (Lipinski definition) is 10. The van der Waals surface area contributed by atoms with Crippen LogP contribution in [-0.2, 0) is 64.3 Å². The van der Waals surface area contributed by atoms with E-state index in [9.17, 15) is 55.1 Å². The number of halogens is 6. The number of rotatable bonds is 26. The quantitative estimate of drug-likeness (QED) is 0.107. The minimum Gasteiger partial charge on any atom is -0.374 e. The first kappa shape index (κ1) is 60.8. The molecule has 2 aliphatic rings. The molecule has 2 fully saturated rings. The number of ether oxygens (including phenoxy) is 2. The number of benzene rings is 3. The highest BCUT2D eigenvalue weighted by Crippen LogP contribution is 2.26. The SMILES string of the molecule is C[C@@H](C(=O)N[C@@H](COCc1ccc(COC[C@H](NC(=O)[C@H](C)N(C)C)C(=O)N2CCC[C@H]2CN(CCc2ccccc2)C(=O)C(F)(F)F)cc1)C(=O)N1CCC[C@H]1CN(CCc1ccccc1)C(=O)C(F)(F)F)N(C)C. The fourth-order valence-corrected chi connectivity index (χ4v) is 8.99. The topological polar surface area (TPSA) is 164 Å². The number of amides is 6. The molecular weight excluding hydrogens is 1000 g/mol. The lowest BCUT2D eigenvalue weighted by atomic mass is 10.1. The molecule has 2 aliphatic heterocycles. The molecule has 2 heterocycles. The van der Waals surface area contributed by atoms with Crippen LogP contribution in [-0.4, -0.2) is 194 Å². The number of alkyl halides is 6. The molecule has 418 valence electrons. The van der Waals surface area contributed by atoms with Crippen molar-refractivity contribution in [1.82, 2.24) is 40.0 Å². The van der Waals surface area contributed by atoms with Gasteiger partial charge in [0.05, 0.1) is 38.5 Å². The van der Waals surface area contributed by atoms with Gasteiger partial charge < -0.3 is 39.7 Å². The summed E-state index contributed by atoms with van der Waals surface area (Å²) in [5.74, 6) is -6.06. The standard InChI is InChI=1S/C54H72F6N8O8/c1-37(63(3)4)47(69)61-45(49(71)67-27-13-19-43(67)31-65(51(73)53(55,56)57)29-25-39-15-9-7-10-16-39)35-75-33-41-21-23-42(24-22-41)34-76-36-46(62-48(70)38(2)64(5)6)50(72)68-28-14-20-44(68)32-66(52(74)54(58,59)60)30-26-40-17-11-8-12-18-40/h7-12,15-18,21-24,37-38,43-46H,13-14,19-20,25-36H2,1-6H3,(H,61,69)(H,62,70)/t37-,38-,43-,44-,45-,46-/m0/s1. The number of nitrogens with zero attached hydrogens (tertiary/aromatic N) is 6. The lowest BCUT2D eigenvalue weighted by Gasteiger charge is -2.34. The van der Waals surface area contributed by atoms with Crippen LogP contribution >= 0.6 is 0 Å². The predicted molar refractivity (Wildman–Crippen MR) is 271 cm³/mol. The van der Waals surface area contributed by atoms with Crippen LogP contribution in [0.15, 0.2) is 84.9 Å². The Labute approximate surface area is 441 Å². The molecule has 0 spiro atoms. The molecule has 0 aromatic heterocycles. The Morgan fingerprint density at radius 3 is 1.21 bits per heavy atom. The summed E-state index contributed by atoms with van der Waals surface area (Å²) in [6.07, 6.45) is -8.27. The maximum absolute atomic E-state index is 14.2. The Morgan fingerprint density at radius 2 is 0.895 bits per heavy atom. The second kappa shape index (κ2) is 28.3. The number of likely N-dealkylation sites (N-methyl/N-ethyl adjacent to an activating group) is 2. The molecule has 2 N–H and O–H groups in total. The molecule has 22 heteroatoms. The fourth-order valence-electron chi connectivity index (χ4n) is 8.99.